The molecule has 4 N–H and O–H groups in total. The van der Waals surface area contributed by atoms with Crippen LogP contribution in [0, 0.1) is 0 Å². The minimum Gasteiger partial charge on any atom is -0.870 e. The molecule has 0 amide bonds. The molecule has 0 saturated carbocycles. The van der Waals surface area contributed by atoms with Gasteiger partial charge in [-0.3, -0.25) is 0 Å². The van der Waals surface area contributed by atoms with E-state index in [1.54, 1.807) is 0 Å². The summed E-state index contributed by atoms with van der Waals surface area (Å²) >= 11 is 0. The van der Waals surface area contributed by atoms with Gasteiger partial charge in [0.05, 0.1) is 0 Å². The summed E-state index contributed by atoms with van der Waals surface area (Å²) < 4.78 is 0. The van der Waals surface area contributed by atoms with E-state index < -0.39 is 0 Å². The predicted molar refractivity (Wildman–Crippen MR) is 13.5 cm³/mol. The molecule has 6 heavy (non-hydrogen) atoms. The second-order valence-corrected chi connectivity index (χ2v) is 0. The van der Waals surface area contributed by atoms with Gasteiger partial charge in [0, 0.05) is 17.4 Å². The summed E-state index contributed by atoms with van der Waals surface area (Å²) in [6.45, 7) is 0. The number of rotatable bonds is 0. The minimum absolute atomic E-state index is 0. The Hall–Kier alpha value is 1.37. The van der Waals surface area contributed by atoms with Gasteiger partial charge in [-0.1, -0.05) is 0 Å². The molecule has 0 aromatic heterocycles. The van der Waals surface area contributed by atoms with Gasteiger partial charge >= 0.3 is 29.6 Å². The summed E-state index contributed by atoms with van der Waals surface area (Å²) in [5, 5.41) is 0. The van der Waals surface area contributed by atoms with Crippen LogP contribution in [0.4, 0.5) is 0 Å². The third-order valence-electron chi connectivity index (χ3n) is 0. The standard InChI is InChI=1S/Al.Na.4H2O/h;;4*1H2/q;+1;;;;/p-4. The van der Waals surface area contributed by atoms with E-state index in [1.165, 1.54) is 0 Å². The van der Waals surface area contributed by atoms with Crippen LogP contribution in [0.5, 0.6) is 0 Å². The van der Waals surface area contributed by atoms with Crippen molar-refractivity contribution in [2.45, 2.75) is 0 Å². The zero-order valence-electron chi connectivity index (χ0n) is 3.37. The van der Waals surface area contributed by atoms with Crippen LogP contribution >= 0.6 is 0 Å². The molecule has 0 heterocycles. The quantitative estimate of drug-likeness (QED) is 0.300. The molecule has 0 aliphatic carbocycles. The first-order valence-corrected chi connectivity index (χ1v) is 0. The minimum atomic E-state index is 0. The summed E-state index contributed by atoms with van der Waals surface area (Å²) in [5.74, 6) is 0. The van der Waals surface area contributed by atoms with E-state index in [-0.39, 0.29) is 68.8 Å². The second-order valence-electron chi connectivity index (χ2n) is 0. The smallest absolute Gasteiger partial charge is 0.870 e. The molecule has 0 bridgehead atoms. The Kier molecular flexibility index (Phi) is 2590. The van der Waals surface area contributed by atoms with Gasteiger partial charge in [-0.15, -0.1) is 0 Å². The van der Waals surface area contributed by atoms with Gasteiger partial charge in [-0.2, -0.15) is 0 Å². The van der Waals surface area contributed by atoms with Gasteiger partial charge in [0.15, 0.2) is 0 Å². The van der Waals surface area contributed by atoms with Crippen LogP contribution in [-0.2, 0) is 0 Å². The van der Waals surface area contributed by atoms with Crippen LogP contribution in [0.15, 0.2) is 0 Å². The Morgan fingerprint density at radius 1 is 0.500 bits per heavy atom. The summed E-state index contributed by atoms with van der Waals surface area (Å²) in [6.07, 6.45) is 0. The third-order valence-corrected chi connectivity index (χ3v) is 0. The van der Waals surface area contributed by atoms with Gasteiger partial charge in [-0.05, 0) is 0 Å². The molecule has 0 fully saturated rings. The Morgan fingerprint density at radius 2 is 0.500 bits per heavy atom. The van der Waals surface area contributed by atoms with Crippen molar-refractivity contribution in [3.8, 4) is 0 Å². The molecule has 0 atom stereocenters. The molecular formula is H4AlNaO4-3. The molecule has 4 nitrogen and oxygen atoms in total. The van der Waals surface area contributed by atoms with E-state index in [9.17, 15) is 0 Å². The van der Waals surface area contributed by atoms with Crippen molar-refractivity contribution in [3.05, 3.63) is 0 Å². The maximum Gasteiger partial charge on any atom is 1.00 e. The molecular weight excluding hydrogens is 114 g/mol. The Morgan fingerprint density at radius 3 is 0.500 bits per heavy atom. The van der Waals surface area contributed by atoms with Gasteiger partial charge in [0.25, 0.3) is 0 Å². The van der Waals surface area contributed by atoms with E-state index in [0.717, 1.165) is 0 Å². The monoisotopic (exact) mass is 118 g/mol. The first-order chi connectivity index (χ1) is 0. The number of hydrogen-bond acceptors (Lipinski definition) is 4. The van der Waals surface area contributed by atoms with Crippen molar-refractivity contribution in [2.24, 2.45) is 0 Å². The molecule has 0 aliphatic rings. The molecule has 0 unspecified atom stereocenters. The summed E-state index contributed by atoms with van der Waals surface area (Å²) in [7, 11) is 0. The second kappa shape index (κ2) is 97.6. The fourth-order valence-corrected chi connectivity index (χ4v) is 0. The molecule has 0 saturated heterocycles. The molecule has 0 rings (SSSR count). The van der Waals surface area contributed by atoms with E-state index >= 15 is 0 Å². The van der Waals surface area contributed by atoms with Crippen molar-refractivity contribution in [2.75, 3.05) is 0 Å². The van der Waals surface area contributed by atoms with Crippen molar-refractivity contribution < 1.29 is 51.5 Å². The first kappa shape index (κ1) is 159. The zero-order valence-corrected chi connectivity index (χ0v) is 6.52. The summed E-state index contributed by atoms with van der Waals surface area (Å²) in [4.78, 5) is 0. The number of hydrogen-bond donors (Lipinski definition) is 0. The van der Waals surface area contributed by atoms with Crippen molar-refractivity contribution in [1.82, 2.24) is 0 Å². The fraction of sp³-hybridized carbons (Fsp3) is 0. The topological polar surface area (TPSA) is 120 Å². The van der Waals surface area contributed by atoms with Gasteiger partial charge in [-0.25, -0.2) is 0 Å². The predicted octanol–water partition coefficient (Wildman–Crippen LogP) is -4.08. The molecule has 0 spiro atoms. The van der Waals surface area contributed by atoms with Gasteiger partial charge < -0.3 is 21.9 Å². The summed E-state index contributed by atoms with van der Waals surface area (Å²) in [6, 6.07) is 0. The maximum atomic E-state index is 0. The van der Waals surface area contributed by atoms with Crippen LogP contribution in [0.2, 0.25) is 0 Å². The van der Waals surface area contributed by atoms with Crippen molar-refractivity contribution in [1.29, 1.82) is 0 Å². The molecule has 0 aliphatic heterocycles. The Balaban J connectivity index is 0. The van der Waals surface area contributed by atoms with Crippen LogP contribution < -0.4 is 29.6 Å². The molecule has 35 valence electrons. The summed E-state index contributed by atoms with van der Waals surface area (Å²) in [5.41, 5.74) is 0. The first-order valence-electron chi connectivity index (χ1n) is 0. The van der Waals surface area contributed by atoms with Crippen LogP contribution in [0.1, 0.15) is 0 Å². The van der Waals surface area contributed by atoms with Gasteiger partial charge in [0.1, 0.15) is 0 Å². The molecule has 0 aromatic rings. The third kappa shape index (κ3) is 54.5. The van der Waals surface area contributed by atoms with E-state index in [1.807, 2.05) is 0 Å². The van der Waals surface area contributed by atoms with Crippen molar-refractivity contribution in [3.63, 3.8) is 0 Å². The Bertz CT molecular complexity index is 7.51. The normalized spacial score (nSPS) is 0. The molecule has 6 heteroatoms. The van der Waals surface area contributed by atoms with Gasteiger partial charge in [0.2, 0.25) is 0 Å². The SMILES string of the molecule is [Al].[Na+].[OH-].[OH-].[OH-].[OH-]. The maximum absolute atomic E-state index is 0. The Labute approximate surface area is 68.6 Å². The van der Waals surface area contributed by atoms with E-state index in [4.69, 9.17) is 0 Å². The molecule has 3 radical (unpaired) electrons. The average molecular weight is 118 g/mol. The average Bonchev–Trinajstić information content (AvgIpc) is 0. The largest absolute Gasteiger partial charge is 1.00 e. The zero-order chi connectivity index (χ0) is 0. The molecule has 0 aromatic carbocycles. The van der Waals surface area contributed by atoms with Crippen LogP contribution in [0.3, 0.4) is 0 Å². The van der Waals surface area contributed by atoms with E-state index in [2.05, 4.69) is 0 Å². The van der Waals surface area contributed by atoms with Crippen LogP contribution in [-0.4, -0.2) is 39.3 Å². The van der Waals surface area contributed by atoms with Crippen molar-refractivity contribution >= 4 is 17.4 Å². The fourth-order valence-electron chi connectivity index (χ4n) is 0. The van der Waals surface area contributed by atoms with Crippen LogP contribution in [0.25, 0.3) is 0 Å². The van der Waals surface area contributed by atoms with E-state index in [0.29, 0.717) is 0 Å².